The van der Waals surface area contributed by atoms with Crippen LogP contribution in [0.25, 0.3) is 0 Å². The van der Waals surface area contributed by atoms with Gasteiger partial charge in [-0.05, 0) is 30.0 Å². The summed E-state index contributed by atoms with van der Waals surface area (Å²) < 4.78 is 26.2. The third-order valence-corrected chi connectivity index (χ3v) is 2.88. The molecule has 114 valence electrons. The molecule has 0 atom stereocenters. The Labute approximate surface area is 120 Å². The van der Waals surface area contributed by atoms with Crippen molar-refractivity contribution < 1.29 is 23.7 Å². The summed E-state index contributed by atoms with van der Waals surface area (Å²) in [5, 5.41) is 0. The highest BCUT2D eigenvalue weighted by Gasteiger charge is 2.12. The van der Waals surface area contributed by atoms with Crippen molar-refractivity contribution in [3.8, 4) is 11.5 Å². The number of benzene rings is 1. The van der Waals surface area contributed by atoms with Gasteiger partial charge in [-0.25, -0.2) is 0 Å². The van der Waals surface area contributed by atoms with Crippen LogP contribution in [0.2, 0.25) is 0 Å². The van der Waals surface area contributed by atoms with Gasteiger partial charge in [0.25, 0.3) is 0 Å². The molecule has 0 aliphatic rings. The van der Waals surface area contributed by atoms with Gasteiger partial charge in [0.05, 0.1) is 6.61 Å². The largest absolute Gasteiger partial charge is 0.467 e. The summed E-state index contributed by atoms with van der Waals surface area (Å²) in [5.74, 6) is 1.51. The molecule has 1 aromatic carbocycles. The van der Waals surface area contributed by atoms with Gasteiger partial charge in [-0.15, -0.1) is 0 Å². The summed E-state index contributed by atoms with van der Waals surface area (Å²) in [6, 6.07) is 3.88. The van der Waals surface area contributed by atoms with Crippen molar-refractivity contribution in [2.24, 2.45) is 0 Å². The van der Waals surface area contributed by atoms with E-state index in [0.717, 1.165) is 35.5 Å². The van der Waals surface area contributed by atoms with E-state index in [4.69, 9.17) is 23.7 Å². The molecule has 0 amide bonds. The van der Waals surface area contributed by atoms with Crippen LogP contribution in [-0.4, -0.2) is 41.5 Å². The van der Waals surface area contributed by atoms with E-state index in [1.807, 2.05) is 12.1 Å². The van der Waals surface area contributed by atoms with E-state index >= 15 is 0 Å². The lowest BCUT2D eigenvalue weighted by molar-refractivity contribution is 0.0454. The highest BCUT2D eigenvalue weighted by Crippen LogP contribution is 2.30. The minimum Gasteiger partial charge on any atom is -0.467 e. The molecular weight excluding hydrogens is 260 g/mol. The van der Waals surface area contributed by atoms with Gasteiger partial charge in [-0.2, -0.15) is 0 Å². The quantitative estimate of drug-likeness (QED) is 0.617. The average molecular weight is 284 g/mol. The molecule has 5 nitrogen and oxygen atoms in total. The van der Waals surface area contributed by atoms with E-state index < -0.39 is 0 Å². The van der Waals surface area contributed by atoms with Crippen LogP contribution in [0.1, 0.15) is 18.1 Å². The second-order valence-corrected chi connectivity index (χ2v) is 4.26. The molecule has 5 heteroatoms. The van der Waals surface area contributed by atoms with Crippen LogP contribution in [0.3, 0.4) is 0 Å². The summed E-state index contributed by atoms with van der Waals surface area (Å²) in [4.78, 5) is 0. The molecule has 0 aliphatic heterocycles. The third kappa shape index (κ3) is 5.00. The molecule has 0 aliphatic carbocycles. The first kappa shape index (κ1) is 16.8. The number of rotatable bonds is 10. The molecule has 0 radical (unpaired) electrons. The van der Waals surface area contributed by atoms with Gasteiger partial charge in [-0.1, -0.05) is 6.92 Å². The smallest absolute Gasteiger partial charge is 0.188 e. The Morgan fingerprint density at radius 3 is 2.20 bits per heavy atom. The maximum absolute atomic E-state index is 5.63. The van der Waals surface area contributed by atoms with Crippen LogP contribution in [0.4, 0.5) is 0 Å². The Balaban J connectivity index is 3.02. The van der Waals surface area contributed by atoms with Crippen LogP contribution < -0.4 is 9.47 Å². The molecule has 0 heterocycles. The Kier molecular flexibility index (Phi) is 8.02. The molecule has 0 aromatic heterocycles. The van der Waals surface area contributed by atoms with Crippen LogP contribution in [0.15, 0.2) is 12.1 Å². The first-order valence-corrected chi connectivity index (χ1v) is 6.65. The van der Waals surface area contributed by atoms with Crippen molar-refractivity contribution >= 4 is 0 Å². The summed E-state index contributed by atoms with van der Waals surface area (Å²) in [7, 11) is 4.89. The van der Waals surface area contributed by atoms with Crippen LogP contribution >= 0.6 is 0 Å². The maximum atomic E-state index is 5.63. The molecule has 0 unspecified atom stereocenters. The zero-order valence-electron chi connectivity index (χ0n) is 12.7. The highest BCUT2D eigenvalue weighted by atomic mass is 16.7. The SMILES string of the molecule is CCc1c(CCOC)cc(OCOC)cc1OCOC. The lowest BCUT2D eigenvalue weighted by atomic mass is 10.0. The van der Waals surface area contributed by atoms with Crippen molar-refractivity contribution in [3.63, 3.8) is 0 Å². The normalized spacial score (nSPS) is 10.6. The lowest BCUT2D eigenvalue weighted by Gasteiger charge is -2.16. The highest BCUT2D eigenvalue weighted by molar-refractivity contribution is 5.47. The van der Waals surface area contributed by atoms with E-state index in [1.165, 1.54) is 0 Å². The Hall–Kier alpha value is -1.30. The summed E-state index contributed by atoms with van der Waals surface area (Å²) >= 11 is 0. The van der Waals surface area contributed by atoms with E-state index in [0.29, 0.717) is 6.61 Å². The monoisotopic (exact) mass is 284 g/mol. The van der Waals surface area contributed by atoms with Crippen molar-refractivity contribution in [1.29, 1.82) is 0 Å². The van der Waals surface area contributed by atoms with Crippen molar-refractivity contribution in [2.45, 2.75) is 19.8 Å². The van der Waals surface area contributed by atoms with Gasteiger partial charge in [0.15, 0.2) is 13.6 Å². The summed E-state index contributed by atoms with van der Waals surface area (Å²) in [6.07, 6.45) is 1.69. The Morgan fingerprint density at radius 1 is 0.900 bits per heavy atom. The molecule has 20 heavy (non-hydrogen) atoms. The second-order valence-electron chi connectivity index (χ2n) is 4.26. The molecular formula is C15H24O5. The first-order chi connectivity index (χ1) is 9.76. The van der Waals surface area contributed by atoms with Gasteiger partial charge in [-0.3, -0.25) is 0 Å². The maximum Gasteiger partial charge on any atom is 0.188 e. The van der Waals surface area contributed by atoms with Crippen molar-refractivity contribution in [2.75, 3.05) is 41.5 Å². The minimum absolute atomic E-state index is 0.207. The topological polar surface area (TPSA) is 46.2 Å². The zero-order chi connectivity index (χ0) is 14.8. The van der Waals surface area contributed by atoms with Crippen LogP contribution in [0.5, 0.6) is 11.5 Å². The fourth-order valence-electron chi connectivity index (χ4n) is 1.97. The fourth-order valence-corrected chi connectivity index (χ4v) is 1.97. The average Bonchev–Trinajstić information content (AvgIpc) is 2.48. The summed E-state index contributed by atoms with van der Waals surface area (Å²) in [6.45, 7) is 3.18. The predicted molar refractivity (Wildman–Crippen MR) is 76.4 cm³/mol. The predicted octanol–water partition coefficient (Wildman–Crippen LogP) is 2.40. The minimum atomic E-state index is 0.207. The Morgan fingerprint density at radius 2 is 1.60 bits per heavy atom. The number of hydrogen-bond acceptors (Lipinski definition) is 5. The van der Waals surface area contributed by atoms with E-state index in [2.05, 4.69) is 6.92 Å². The first-order valence-electron chi connectivity index (χ1n) is 6.65. The van der Waals surface area contributed by atoms with Crippen LogP contribution in [-0.2, 0) is 27.1 Å². The molecule has 0 spiro atoms. The molecule has 0 N–H and O–H groups in total. The van der Waals surface area contributed by atoms with Crippen LogP contribution in [0, 0.1) is 0 Å². The van der Waals surface area contributed by atoms with E-state index in [9.17, 15) is 0 Å². The molecule has 0 fully saturated rings. The van der Waals surface area contributed by atoms with Gasteiger partial charge in [0, 0.05) is 27.4 Å². The molecule has 0 saturated carbocycles. The van der Waals surface area contributed by atoms with Gasteiger partial charge >= 0.3 is 0 Å². The molecule has 1 aromatic rings. The molecule has 0 saturated heterocycles. The molecule has 0 bridgehead atoms. The van der Waals surface area contributed by atoms with E-state index in [-0.39, 0.29) is 13.6 Å². The Bertz CT molecular complexity index is 363. The number of hydrogen-bond donors (Lipinski definition) is 0. The lowest BCUT2D eigenvalue weighted by Crippen LogP contribution is -2.07. The summed E-state index contributed by atoms with van der Waals surface area (Å²) in [5.41, 5.74) is 2.32. The number of methoxy groups -OCH3 is 3. The standard InChI is InChI=1S/C15H24O5/c1-5-14-12(6-7-16-2)8-13(19-10-17-3)9-15(14)20-11-18-4/h8-9H,5-7,10-11H2,1-4H3. The van der Waals surface area contributed by atoms with Gasteiger partial charge in [0.1, 0.15) is 11.5 Å². The zero-order valence-corrected chi connectivity index (χ0v) is 12.7. The van der Waals surface area contributed by atoms with Crippen molar-refractivity contribution in [3.05, 3.63) is 23.3 Å². The van der Waals surface area contributed by atoms with E-state index in [1.54, 1.807) is 21.3 Å². The van der Waals surface area contributed by atoms with Crippen molar-refractivity contribution in [1.82, 2.24) is 0 Å². The van der Waals surface area contributed by atoms with Gasteiger partial charge in [0.2, 0.25) is 0 Å². The third-order valence-electron chi connectivity index (χ3n) is 2.88. The second kappa shape index (κ2) is 9.58. The van der Waals surface area contributed by atoms with Gasteiger partial charge < -0.3 is 23.7 Å². The molecule has 1 rings (SSSR count). The fraction of sp³-hybridized carbons (Fsp3) is 0.600. The number of ether oxygens (including phenoxy) is 5.